The molecule has 1 heterocycles. The standard InChI is InChI=1S/C18H22ClNO4/c1-4-23-16(21)8-9-18(11-17(22)24-5-2)15-10-13(19)6-7-14(15)12(3)20-18/h6-7,10H,4-5,8-9,11H2,1-3H3. The zero-order valence-electron chi connectivity index (χ0n) is 14.2. The monoisotopic (exact) mass is 351 g/mol. The van der Waals surface area contributed by atoms with Crippen LogP contribution in [0.1, 0.15) is 51.2 Å². The van der Waals surface area contributed by atoms with Crippen LogP contribution in [0.4, 0.5) is 0 Å². The van der Waals surface area contributed by atoms with Crippen molar-refractivity contribution in [3.63, 3.8) is 0 Å². The zero-order chi connectivity index (χ0) is 17.7. The van der Waals surface area contributed by atoms with E-state index in [4.69, 9.17) is 26.1 Å². The molecule has 1 unspecified atom stereocenters. The normalized spacial score (nSPS) is 18.8. The minimum absolute atomic E-state index is 0.0743. The van der Waals surface area contributed by atoms with Gasteiger partial charge >= 0.3 is 11.9 Å². The molecule has 1 aliphatic rings. The predicted octanol–water partition coefficient (Wildman–Crippen LogP) is 3.65. The Morgan fingerprint density at radius 1 is 1.17 bits per heavy atom. The Bertz CT molecular complexity index is 671. The van der Waals surface area contributed by atoms with Crippen LogP contribution in [0.25, 0.3) is 0 Å². The summed E-state index contributed by atoms with van der Waals surface area (Å²) in [6.45, 7) is 6.05. The summed E-state index contributed by atoms with van der Waals surface area (Å²) in [5.74, 6) is -0.644. The number of halogens is 1. The van der Waals surface area contributed by atoms with Crippen LogP contribution >= 0.6 is 11.6 Å². The molecule has 0 aromatic heterocycles. The van der Waals surface area contributed by atoms with E-state index in [1.54, 1.807) is 19.9 Å². The molecule has 5 nitrogen and oxygen atoms in total. The maximum Gasteiger partial charge on any atom is 0.308 e. The van der Waals surface area contributed by atoms with Gasteiger partial charge in [0, 0.05) is 22.7 Å². The van der Waals surface area contributed by atoms with Gasteiger partial charge in [0.05, 0.1) is 25.2 Å². The molecule has 0 spiro atoms. The number of hydrogen-bond acceptors (Lipinski definition) is 5. The lowest BCUT2D eigenvalue weighted by Crippen LogP contribution is -2.28. The van der Waals surface area contributed by atoms with Gasteiger partial charge in [-0.2, -0.15) is 0 Å². The van der Waals surface area contributed by atoms with Crippen LogP contribution in [-0.4, -0.2) is 30.9 Å². The van der Waals surface area contributed by atoms with Gasteiger partial charge in [-0.15, -0.1) is 0 Å². The third-order valence-electron chi connectivity index (χ3n) is 4.04. The predicted molar refractivity (Wildman–Crippen MR) is 92.5 cm³/mol. The van der Waals surface area contributed by atoms with Gasteiger partial charge in [0.15, 0.2) is 0 Å². The molecule has 0 amide bonds. The highest BCUT2D eigenvalue weighted by Crippen LogP contribution is 2.43. The summed E-state index contributed by atoms with van der Waals surface area (Å²) in [7, 11) is 0. The van der Waals surface area contributed by atoms with Crippen LogP contribution in [0.15, 0.2) is 23.2 Å². The van der Waals surface area contributed by atoms with Crippen LogP contribution in [0.5, 0.6) is 0 Å². The summed E-state index contributed by atoms with van der Waals surface area (Å²) >= 11 is 6.15. The SMILES string of the molecule is CCOC(=O)CCC1(CC(=O)OCC)N=C(C)c2ccc(Cl)cc21. The average molecular weight is 352 g/mol. The Labute approximate surface area is 147 Å². The highest BCUT2D eigenvalue weighted by Gasteiger charge is 2.41. The Hall–Kier alpha value is -1.88. The lowest BCUT2D eigenvalue weighted by molar-refractivity contribution is -0.147. The minimum Gasteiger partial charge on any atom is -0.466 e. The Morgan fingerprint density at radius 2 is 1.83 bits per heavy atom. The molecule has 0 radical (unpaired) electrons. The van der Waals surface area contributed by atoms with E-state index in [0.717, 1.165) is 16.8 Å². The van der Waals surface area contributed by atoms with Crippen LogP contribution in [0, 0.1) is 0 Å². The van der Waals surface area contributed by atoms with Gasteiger partial charge in [-0.25, -0.2) is 0 Å². The van der Waals surface area contributed by atoms with Crippen molar-refractivity contribution in [2.45, 2.75) is 45.6 Å². The minimum atomic E-state index is -0.830. The fourth-order valence-electron chi connectivity index (χ4n) is 3.06. The van der Waals surface area contributed by atoms with E-state index in [1.807, 2.05) is 19.1 Å². The average Bonchev–Trinajstić information content (AvgIpc) is 2.78. The first-order valence-electron chi connectivity index (χ1n) is 8.10. The number of carbonyl (C=O) groups is 2. The highest BCUT2D eigenvalue weighted by molar-refractivity contribution is 6.30. The number of rotatable bonds is 7. The number of ether oxygens (including phenoxy) is 2. The number of esters is 2. The topological polar surface area (TPSA) is 65.0 Å². The fraction of sp³-hybridized carbons (Fsp3) is 0.500. The number of fused-ring (bicyclic) bond motifs is 1. The van der Waals surface area contributed by atoms with Crippen molar-refractivity contribution in [3.05, 3.63) is 34.3 Å². The Morgan fingerprint density at radius 3 is 2.50 bits per heavy atom. The van der Waals surface area contributed by atoms with Gasteiger partial charge in [0.1, 0.15) is 0 Å². The van der Waals surface area contributed by atoms with Crippen molar-refractivity contribution < 1.29 is 19.1 Å². The molecule has 1 aromatic rings. The summed E-state index contributed by atoms with van der Waals surface area (Å²) in [4.78, 5) is 28.7. The van der Waals surface area contributed by atoms with Crippen LogP contribution < -0.4 is 0 Å². The second-order valence-electron chi connectivity index (χ2n) is 5.71. The number of carbonyl (C=O) groups excluding carboxylic acids is 2. The number of hydrogen-bond donors (Lipinski definition) is 0. The highest BCUT2D eigenvalue weighted by atomic mass is 35.5. The third kappa shape index (κ3) is 3.96. The summed E-state index contributed by atoms with van der Waals surface area (Å²) in [6, 6.07) is 5.51. The zero-order valence-corrected chi connectivity index (χ0v) is 15.0. The van der Waals surface area contributed by atoms with Crippen molar-refractivity contribution in [1.29, 1.82) is 0 Å². The van der Waals surface area contributed by atoms with Gasteiger partial charge in [0.25, 0.3) is 0 Å². The van der Waals surface area contributed by atoms with Crippen molar-refractivity contribution in [1.82, 2.24) is 0 Å². The van der Waals surface area contributed by atoms with E-state index >= 15 is 0 Å². The van der Waals surface area contributed by atoms with Crippen molar-refractivity contribution in [3.8, 4) is 0 Å². The van der Waals surface area contributed by atoms with E-state index in [9.17, 15) is 9.59 Å². The summed E-state index contributed by atoms with van der Waals surface area (Å²) < 4.78 is 10.1. The summed E-state index contributed by atoms with van der Waals surface area (Å²) in [5.41, 5.74) is 1.82. The van der Waals surface area contributed by atoms with Gasteiger partial charge in [-0.3, -0.25) is 14.6 Å². The quantitative estimate of drug-likeness (QED) is 0.703. The maximum atomic E-state index is 12.1. The lowest BCUT2D eigenvalue weighted by atomic mass is 9.82. The van der Waals surface area contributed by atoms with E-state index in [1.165, 1.54) is 0 Å². The molecule has 0 fully saturated rings. The van der Waals surface area contributed by atoms with Gasteiger partial charge in [-0.1, -0.05) is 17.7 Å². The molecular weight excluding hydrogens is 330 g/mol. The molecule has 6 heteroatoms. The van der Waals surface area contributed by atoms with E-state index < -0.39 is 5.54 Å². The molecule has 1 aromatic carbocycles. The molecule has 2 rings (SSSR count). The smallest absolute Gasteiger partial charge is 0.308 e. The second kappa shape index (κ2) is 7.79. The first-order valence-corrected chi connectivity index (χ1v) is 8.47. The van der Waals surface area contributed by atoms with Crippen molar-refractivity contribution in [2.75, 3.05) is 13.2 Å². The van der Waals surface area contributed by atoms with Crippen LogP contribution in [-0.2, 0) is 24.6 Å². The molecule has 130 valence electrons. The Kier molecular flexibility index (Phi) is 5.99. The number of benzene rings is 1. The van der Waals surface area contributed by atoms with Crippen LogP contribution in [0.2, 0.25) is 5.02 Å². The maximum absolute atomic E-state index is 12.1. The molecule has 24 heavy (non-hydrogen) atoms. The molecule has 0 N–H and O–H groups in total. The first kappa shape index (κ1) is 18.5. The molecule has 1 atom stereocenters. The van der Waals surface area contributed by atoms with Gasteiger partial charge < -0.3 is 9.47 Å². The molecule has 0 bridgehead atoms. The van der Waals surface area contributed by atoms with Crippen molar-refractivity contribution in [2.24, 2.45) is 4.99 Å². The van der Waals surface area contributed by atoms with Gasteiger partial charge in [-0.05, 0) is 44.9 Å². The summed E-state index contributed by atoms with van der Waals surface area (Å²) in [5, 5.41) is 0.572. The largest absolute Gasteiger partial charge is 0.466 e. The van der Waals surface area contributed by atoms with Crippen LogP contribution in [0.3, 0.4) is 0 Å². The second-order valence-corrected chi connectivity index (χ2v) is 6.14. The molecule has 0 aliphatic carbocycles. The number of nitrogens with zero attached hydrogens (tertiary/aromatic N) is 1. The Balaban J connectivity index is 2.36. The first-order chi connectivity index (χ1) is 11.4. The van der Waals surface area contributed by atoms with Gasteiger partial charge in [0.2, 0.25) is 0 Å². The van der Waals surface area contributed by atoms with E-state index in [2.05, 4.69) is 0 Å². The fourth-order valence-corrected chi connectivity index (χ4v) is 3.24. The van der Waals surface area contributed by atoms with Crippen molar-refractivity contribution >= 4 is 29.3 Å². The molecular formula is C18H22ClNO4. The van der Waals surface area contributed by atoms with E-state index in [-0.39, 0.29) is 24.8 Å². The molecule has 1 aliphatic heterocycles. The summed E-state index contributed by atoms with van der Waals surface area (Å²) in [6.07, 6.45) is 0.621. The molecule has 0 saturated heterocycles. The molecule has 0 saturated carbocycles. The lowest BCUT2D eigenvalue weighted by Gasteiger charge is -2.27. The number of aliphatic imine (C=N–C) groups is 1. The van der Waals surface area contributed by atoms with E-state index in [0.29, 0.717) is 24.7 Å². The third-order valence-corrected chi connectivity index (χ3v) is 4.28.